The molecule has 13 heteroatoms. The van der Waals surface area contributed by atoms with Crippen molar-refractivity contribution in [3.05, 3.63) is 87.9 Å². The highest BCUT2D eigenvalue weighted by atomic mass is 32.1. The summed E-state index contributed by atoms with van der Waals surface area (Å²) in [5.74, 6) is -1.90. The summed E-state index contributed by atoms with van der Waals surface area (Å²) in [4.78, 5) is 47.7. The standard InChI is InChI=1S/C34H35F3N4O5S/c1-6-46-25-15-22(14-24(16-25)34(35,36)37)23-17-38-29(39-18-23)21-9-7-20(8-10-21)13-26(30(42)40-19(2)32(44)45)41-31(43)27-11-12-28(47-27)33(3,4)5/h7-12,14-19,26H,6,13H2,1-5H3,(H,40,42)(H,41,43)(H,44,45)/t19-,26+/m1/s1. The SMILES string of the molecule is CCOc1cc(-c2cnc(-c3ccc(C[C@H](NC(=O)c4ccc(C(C)(C)C)s4)C(=O)N[C@H](C)C(=O)O)cc3)nc2)cc(C(F)(F)F)c1. The second-order valence-corrected chi connectivity index (χ2v) is 13.0. The fourth-order valence-corrected chi connectivity index (χ4v) is 5.48. The van der Waals surface area contributed by atoms with Gasteiger partial charge in [0.2, 0.25) is 5.91 Å². The highest BCUT2D eigenvalue weighted by Gasteiger charge is 2.32. The Morgan fingerprint density at radius 1 is 0.915 bits per heavy atom. The lowest BCUT2D eigenvalue weighted by Gasteiger charge is -2.20. The Morgan fingerprint density at radius 2 is 1.57 bits per heavy atom. The van der Waals surface area contributed by atoms with E-state index in [4.69, 9.17) is 4.74 Å². The van der Waals surface area contributed by atoms with Crippen LogP contribution in [0.2, 0.25) is 0 Å². The molecule has 3 N–H and O–H groups in total. The summed E-state index contributed by atoms with van der Waals surface area (Å²) in [7, 11) is 0. The van der Waals surface area contributed by atoms with Gasteiger partial charge in [-0.05, 0) is 60.7 Å². The number of hydrogen-bond donors (Lipinski definition) is 3. The number of ether oxygens (including phenoxy) is 1. The Morgan fingerprint density at radius 3 is 2.13 bits per heavy atom. The molecule has 248 valence electrons. The monoisotopic (exact) mass is 668 g/mol. The van der Waals surface area contributed by atoms with Crippen molar-refractivity contribution >= 4 is 29.1 Å². The molecule has 2 amide bonds. The molecule has 0 spiro atoms. The van der Waals surface area contributed by atoms with Crippen molar-refractivity contribution in [3.8, 4) is 28.3 Å². The maximum atomic E-state index is 13.5. The van der Waals surface area contributed by atoms with Gasteiger partial charge in [-0.25, -0.2) is 9.97 Å². The van der Waals surface area contributed by atoms with Crippen LogP contribution in [0.3, 0.4) is 0 Å². The minimum absolute atomic E-state index is 0.0687. The van der Waals surface area contributed by atoms with Crippen molar-refractivity contribution in [3.63, 3.8) is 0 Å². The van der Waals surface area contributed by atoms with E-state index in [9.17, 15) is 32.7 Å². The van der Waals surface area contributed by atoms with Crippen LogP contribution in [-0.2, 0) is 27.6 Å². The molecule has 2 aromatic carbocycles. The maximum absolute atomic E-state index is 13.5. The van der Waals surface area contributed by atoms with Gasteiger partial charge < -0.3 is 20.5 Å². The Hall–Kier alpha value is -4.78. The van der Waals surface area contributed by atoms with Crippen LogP contribution in [0.1, 0.15) is 60.3 Å². The van der Waals surface area contributed by atoms with Crippen LogP contribution >= 0.6 is 11.3 Å². The average molecular weight is 669 g/mol. The Balaban J connectivity index is 1.53. The molecule has 47 heavy (non-hydrogen) atoms. The molecule has 0 saturated carbocycles. The summed E-state index contributed by atoms with van der Waals surface area (Å²) in [6.07, 6.45) is -1.63. The molecule has 0 fully saturated rings. The lowest BCUT2D eigenvalue weighted by atomic mass is 9.95. The van der Waals surface area contributed by atoms with Gasteiger partial charge in [0.25, 0.3) is 5.91 Å². The molecular weight excluding hydrogens is 633 g/mol. The number of aliphatic carboxylic acids is 1. The molecule has 4 rings (SSSR count). The van der Waals surface area contributed by atoms with Crippen LogP contribution in [0.5, 0.6) is 5.75 Å². The van der Waals surface area contributed by atoms with Crippen LogP contribution in [-0.4, -0.2) is 51.5 Å². The minimum Gasteiger partial charge on any atom is -0.494 e. The van der Waals surface area contributed by atoms with Crippen molar-refractivity contribution in [1.29, 1.82) is 0 Å². The van der Waals surface area contributed by atoms with Gasteiger partial charge in [-0.3, -0.25) is 14.4 Å². The number of hydrogen-bond acceptors (Lipinski definition) is 7. The molecule has 0 unspecified atom stereocenters. The zero-order chi connectivity index (χ0) is 34.5. The molecule has 0 aliphatic carbocycles. The Bertz CT molecular complexity index is 1730. The van der Waals surface area contributed by atoms with Crippen LogP contribution in [0.25, 0.3) is 22.5 Å². The Kier molecular flexibility index (Phi) is 10.7. The van der Waals surface area contributed by atoms with E-state index in [-0.39, 0.29) is 29.8 Å². The van der Waals surface area contributed by atoms with Gasteiger partial charge in [0, 0.05) is 34.8 Å². The van der Waals surface area contributed by atoms with Crippen molar-refractivity contribution in [2.75, 3.05) is 6.61 Å². The summed E-state index contributed by atoms with van der Waals surface area (Å²) in [6, 6.07) is 11.7. The minimum atomic E-state index is -4.55. The molecule has 2 atom stereocenters. The Labute approximate surface area is 274 Å². The van der Waals surface area contributed by atoms with Crippen molar-refractivity contribution in [1.82, 2.24) is 20.6 Å². The number of aromatic nitrogens is 2. The lowest BCUT2D eigenvalue weighted by Crippen LogP contribution is -2.51. The number of rotatable bonds is 11. The van der Waals surface area contributed by atoms with Crippen molar-refractivity contribution < 1.29 is 37.4 Å². The highest BCUT2D eigenvalue weighted by molar-refractivity contribution is 7.14. The number of carbonyl (C=O) groups is 3. The molecule has 2 aromatic heterocycles. The number of halogens is 3. The normalized spacial score (nSPS) is 13.0. The van der Waals surface area contributed by atoms with Crippen molar-refractivity contribution in [2.45, 2.75) is 64.7 Å². The van der Waals surface area contributed by atoms with Gasteiger partial charge in [0.15, 0.2) is 5.82 Å². The number of nitrogens with one attached hydrogen (secondary N) is 2. The van der Waals surface area contributed by atoms with Crippen LogP contribution in [0, 0.1) is 0 Å². The zero-order valence-corrected chi connectivity index (χ0v) is 27.3. The fraction of sp³-hybridized carbons (Fsp3) is 0.324. The maximum Gasteiger partial charge on any atom is 0.416 e. The van der Waals surface area contributed by atoms with E-state index in [1.165, 1.54) is 36.7 Å². The predicted octanol–water partition coefficient (Wildman–Crippen LogP) is 6.52. The van der Waals surface area contributed by atoms with Crippen LogP contribution in [0.4, 0.5) is 13.2 Å². The summed E-state index contributed by atoms with van der Waals surface area (Å²) in [5, 5.41) is 14.4. The number of nitrogens with zero attached hydrogens (tertiary/aromatic N) is 2. The van der Waals surface area contributed by atoms with E-state index in [1.807, 2.05) is 26.8 Å². The third kappa shape index (κ3) is 9.16. The van der Waals surface area contributed by atoms with Gasteiger partial charge in [-0.1, -0.05) is 45.0 Å². The largest absolute Gasteiger partial charge is 0.494 e. The van der Waals surface area contributed by atoms with E-state index in [0.29, 0.717) is 27.4 Å². The van der Waals surface area contributed by atoms with Crippen molar-refractivity contribution in [2.24, 2.45) is 0 Å². The van der Waals surface area contributed by atoms with Crippen LogP contribution < -0.4 is 15.4 Å². The molecule has 0 bridgehead atoms. The number of amides is 2. The van der Waals surface area contributed by atoms with Gasteiger partial charge >= 0.3 is 12.1 Å². The van der Waals surface area contributed by atoms with Gasteiger partial charge in [-0.2, -0.15) is 13.2 Å². The molecular formula is C34H35F3N4O5S. The van der Waals surface area contributed by atoms with Gasteiger partial charge in [0.05, 0.1) is 17.0 Å². The molecule has 0 radical (unpaired) electrons. The summed E-state index contributed by atoms with van der Waals surface area (Å²) >= 11 is 1.32. The van der Waals surface area contributed by atoms with Gasteiger partial charge in [0.1, 0.15) is 17.8 Å². The molecule has 0 aliphatic rings. The second kappa shape index (κ2) is 14.3. The third-order valence-corrected chi connectivity index (χ3v) is 8.61. The zero-order valence-electron chi connectivity index (χ0n) is 26.4. The first kappa shape index (κ1) is 35.1. The summed E-state index contributed by atoms with van der Waals surface area (Å²) in [6.45, 7) is 9.31. The molecule has 0 aliphatic heterocycles. The first-order chi connectivity index (χ1) is 22.0. The summed E-state index contributed by atoms with van der Waals surface area (Å²) in [5.41, 5.74) is 0.904. The third-order valence-electron chi connectivity index (χ3n) is 7.10. The van der Waals surface area contributed by atoms with E-state index in [1.54, 1.807) is 37.3 Å². The van der Waals surface area contributed by atoms with E-state index >= 15 is 0 Å². The number of carboxylic acid groups (broad SMARTS) is 1. The molecule has 0 saturated heterocycles. The second-order valence-electron chi connectivity index (χ2n) is 11.9. The molecule has 2 heterocycles. The number of benzene rings is 2. The predicted molar refractivity (Wildman–Crippen MR) is 172 cm³/mol. The van der Waals surface area contributed by atoms with E-state index < -0.39 is 41.6 Å². The summed E-state index contributed by atoms with van der Waals surface area (Å²) < 4.78 is 45.7. The smallest absolute Gasteiger partial charge is 0.416 e. The first-order valence-electron chi connectivity index (χ1n) is 14.8. The number of carbonyl (C=O) groups excluding carboxylic acids is 2. The van der Waals surface area contributed by atoms with Crippen LogP contribution in [0.15, 0.2) is 67.0 Å². The van der Waals surface area contributed by atoms with E-state index in [0.717, 1.165) is 17.0 Å². The first-order valence-corrected chi connectivity index (χ1v) is 15.6. The number of alkyl halides is 3. The quantitative estimate of drug-likeness (QED) is 0.166. The fourth-order valence-electron chi connectivity index (χ4n) is 4.51. The number of thiophene rings is 1. The number of carboxylic acids is 1. The topological polar surface area (TPSA) is 131 Å². The van der Waals surface area contributed by atoms with Gasteiger partial charge in [-0.15, -0.1) is 11.3 Å². The average Bonchev–Trinajstić information content (AvgIpc) is 3.52. The van der Waals surface area contributed by atoms with E-state index in [2.05, 4.69) is 20.6 Å². The lowest BCUT2D eigenvalue weighted by molar-refractivity contribution is -0.141. The molecule has 9 nitrogen and oxygen atoms in total. The highest BCUT2D eigenvalue weighted by Crippen LogP contribution is 2.36. The molecule has 4 aromatic rings.